The molecule has 52 valence electrons. The zero-order chi connectivity index (χ0) is 6.69. The third-order valence-electron chi connectivity index (χ3n) is 1.60. The SMILES string of the molecule is CCCCC1OC1C=O. The molecule has 2 unspecified atom stereocenters. The molecule has 1 saturated heterocycles. The summed E-state index contributed by atoms with van der Waals surface area (Å²) in [5.41, 5.74) is 0. The van der Waals surface area contributed by atoms with Crippen LogP contribution in [0.25, 0.3) is 0 Å². The highest BCUT2D eigenvalue weighted by atomic mass is 16.6. The Morgan fingerprint density at radius 1 is 1.67 bits per heavy atom. The summed E-state index contributed by atoms with van der Waals surface area (Å²) in [4.78, 5) is 10.0. The average Bonchev–Trinajstić information content (AvgIpc) is 2.62. The number of hydrogen-bond donors (Lipinski definition) is 0. The predicted octanol–water partition coefficient (Wildman–Crippen LogP) is 1.14. The zero-order valence-electron chi connectivity index (χ0n) is 5.67. The second-order valence-electron chi connectivity index (χ2n) is 2.42. The molecule has 0 aromatic carbocycles. The van der Waals surface area contributed by atoms with Crippen molar-refractivity contribution in [1.29, 1.82) is 0 Å². The molecule has 1 rings (SSSR count). The minimum atomic E-state index is -0.0588. The van der Waals surface area contributed by atoms with Crippen LogP contribution in [0, 0.1) is 0 Å². The number of ether oxygens (including phenoxy) is 1. The Bertz CT molecular complexity index is 101. The van der Waals surface area contributed by atoms with Gasteiger partial charge in [-0.15, -0.1) is 0 Å². The first-order valence-electron chi connectivity index (χ1n) is 3.49. The van der Waals surface area contributed by atoms with Gasteiger partial charge in [-0.3, -0.25) is 0 Å². The molecular weight excluding hydrogens is 116 g/mol. The molecule has 9 heavy (non-hydrogen) atoms. The summed E-state index contributed by atoms with van der Waals surface area (Å²) >= 11 is 0. The van der Waals surface area contributed by atoms with E-state index >= 15 is 0 Å². The van der Waals surface area contributed by atoms with E-state index in [4.69, 9.17) is 4.74 Å². The van der Waals surface area contributed by atoms with E-state index in [0.29, 0.717) is 0 Å². The Labute approximate surface area is 55.2 Å². The fourth-order valence-electron chi connectivity index (χ4n) is 0.914. The molecule has 0 N–H and O–H groups in total. The fourth-order valence-corrected chi connectivity index (χ4v) is 0.914. The van der Waals surface area contributed by atoms with Gasteiger partial charge in [-0.2, -0.15) is 0 Å². The van der Waals surface area contributed by atoms with Crippen LogP contribution in [-0.4, -0.2) is 18.5 Å². The third kappa shape index (κ3) is 1.79. The summed E-state index contributed by atoms with van der Waals surface area (Å²) in [6.07, 6.45) is 4.51. The van der Waals surface area contributed by atoms with Gasteiger partial charge < -0.3 is 9.53 Å². The molecular formula is C7H12O2. The first-order valence-corrected chi connectivity index (χ1v) is 3.49. The summed E-state index contributed by atoms with van der Waals surface area (Å²) < 4.78 is 5.00. The molecule has 2 heteroatoms. The smallest absolute Gasteiger partial charge is 0.151 e. The second kappa shape index (κ2) is 2.97. The van der Waals surface area contributed by atoms with E-state index < -0.39 is 0 Å². The van der Waals surface area contributed by atoms with Gasteiger partial charge >= 0.3 is 0 Å². The minimum Gasteiger partial charge on any atom is -0.362 e. The van der Waals surface area contributed by atoms with Gasteiger partial charge in [0.05, 0.1) is 6.10 Å². The van der Waals surface area contributed by atoms with Gasteiger partial charge in [-0.1, -0.05) is 19.8 Å². The number of unbranched alkanes of at least 4 members (excludes halogenated alkanes) is 1. The van der Waals surface area contributed by atoms with E-state index in [1.165, 1.54) is 12.8 Å². The van der Waals surface area contributed by atoms with Crippen molar-refractivity contribution in [2.24, 2.45) is 0 Å². The first-order chi connectivity index (χ1) is 4.38. The van der Waals surface area contributed by atoms with Crippen LogP contribution in [0.15, 0.2) is 0 Å². The summed E-state index contributed by atoms with van der Waals surface area (Å²) in [7, 11) is 0. The van der Waals surface area contributed by atoms with E-state index in [9.17, 15) is 4.79 Å². The molecule has 0 radical (unpaired) electrons. The van der Waals surface area contributed by atoms with Crippen molar-refractivity contribution in [3.63, 3.8) is 0 Å². The molecule has 0 aromatic heterocycles. The van der Waals surface area contributed by atoms with E-state index in [0.717, 1.165) is 12.7 Å². The fraction of sp³-hybridized carbons (Fsp3) is 0.857. The molecule has 0 amide bonds. The minimum absolute atomic E-state index is 0.0588. The molecule has 1 aliphatic heterocycles. The maximum Gasteiger partial charge on any atom is 0.151 e. The maximum atomic E-state index is 10.0. The second-order valence-corrected chi connectivity index (χ2v) is 2.42. The van der Waals surface area contributed by atoms with Gasteiger partial charge in [0, 0.05) is 0 Å². The number of epoxide rings is 1. The molecule has 1 heterocycles. The van der Waals surface area contributed by atoms with Crippen LogP contribution in [0.1, 0.15) is 26.2 Å². The van der Waals surface area contributed by atoms with Crippen LogP contribution >= 0.6 is 0 Å². The van der Waals surface area contributed by atoms with Crippen LogP contribution in [-0.2, 0) is 9.53 Å². The summed E-state index contributed by atoms with van der Waals surface area (Å²) in [6, 6.07) is 0. The van der Waals surface area contributed by atoms with E-state index in [-0.39, 0.29) is 12.2 Å². The lowest BCUT2D eigenvalue weighted by Crippen LogP contribution is -1.93. The lowest BCUT2D eigenvalue weighted by Gasteiger charge is -1.87. The lowest BCUT2D eigenvalue weighted by molar-refractivity contribution is -0.108. The van der Waals surface area contributed by atoms with Crippen molar-refractivity contribution in [1.82, 2.24) is 0 Å². The summed E-state index contributed by atoms with van der Waals surface area (Å²) in [5, 5.41) is 0. The number of aldehydes is 1. The van der Waals surface area contributed by atoms with Crippen molar-refractivity contribution in [2.75, 3.05) is 0 Å². The largest absolute Gasteiger partial charge is 0.362 e. The molecule has 0 aliphatic carbocycles. The van der Waals surface area contributed by atoms with Gasteiger partial charge in [0.15, 0.2) is 6.29 Å². The van der Waals surface area contributed by atoms with Crippen LogP contribution in [0.2, 0.25) is 0 Å². The highest BCUT2D eigenvalue weighted by molar-refractivity contribution is 5.60. The lowest BCUT2D eigenvalue weighted by atomic mass is 10.2. The molecule has 0 saturated carbocycles. The Kier molecular flexibility index (Phi) is 2.22. The Balaban J connectivity index is 1.98. The zero-order valence-corrected chi connectivity index (χ0v) is 5.67. The topological polar surface area (TPSA) is 29.6 Å². The van der Waals surface area contributed by atoms with Crippen molar-refractivity contribution in [3.8, 4) is 0 Å². The van der Waals surface area contributed by atoms with Gasteiger partial charge in [0.25, 0.3) is 0 Å². The molecule has 2 nitrogen and oxygen atoms in total. The Morgan fingerprint density at radius 3 is 2.89 bits per heavy atom. The number of carbonyl (C=O) groups is 1. The van der Waals surface area contributed by atoms with E-state index in [2.05, 4.69) is 6.92 Å². The van der Waals surface area contributed by atoms with Crippen LogP contribution in [0.5, 0.6) is 0 Å². The highest BCUT2D eigenvalue weighted by Gasteiger charge is 2.37. The quantitative estimate of drug-likeness (QED) is 0.419. The summed E-state index contributed by atoms with van der Waals surface area (Å²) in [5.74, 6) is 0. The first kappa shape index (κ1) is 6.75. The van der Waals surface area contributed by atoms with Crippen LogP contribution in [0.4, 0.5) is 0 Å². The number of rotatable bonds is 4. The van der Waals surface area contributed by atoms with Crippen molar-refractivity contribution < 1.29 is 9.53 Å². The summed E-state index contributed by atoms with van der Waals surface area (Å²) in [6.45, 7) is 2.14. The normalized spacial score (nSPS) is 32.1. The van der Waals surface area contributed by atoms with Crippen molar-refractivity contribution >= 4 is 6.29 Å². The number of hydrogen-bond acceptors (Lipinski definition) is 2. The molecule has 1 fully saturated rings. The Morgan fingerprint density at radius 2 is 2.44 bits per heavy atom. The molecule has 0 bridgehead atoms. The van der Waals surface area contributed by atoms with Crippen molar-refractivity contribution in [3.05, 3.63) is 0 Å². The van der Waals surface area contributed by atoms with Crippen LogP contribution in [0.3, 0.4) is 0 Å². The van der Waals surface area contributed by atoms with Crippen molar-refractivity contribution in [2.45, 2.75) is 38.4 Å². The third-order valence-corrected chi connectivity index (χ3v) is 1.60. The maximum absolute atomic E-state index is 10.0. The standard InChI is InChI=1S/C7H12O2/c1-2-3-4-6-7(5-8)9-6/h5-7H,2-4H2,1H3. The molecule has 1 aliphatic rings. The Hall–Kier alpha value is -0.370. The molecule has 0 spiro atoms. The molecule has 2 atom stereocenters. The van der Waals surface area contributed by atoms with Gasteiger partial charge in [-0.05, 0) is 6.42 Å². The van der Waals surface area contributed by atoms with Gasteiger partial charge in [0.1, 0.15) is 6.10 Å². The monoisotopic (exact) mass is 128 g/mol. The van der Waals surface area contributed by atoms with E-state index in [1.807, 2.05) is 0 Å². The predicted molar refractivity (Wildman–Crippen MR) is 34.2 cm³/mol. The number of carbonyl (C=O) groups excluding carboxylic acids is 1. The van der Waals surface area contributed by atoms with Crippen LogP contribution < -0.4 is 0 Å². The highest BCUT2D eigenvalue weighted by Crippen LogP contribution is 2.24. The molecule has 0 aromatic rings. The van der Waals surface area contributed by atoms with Gasteiger partial charge in [0.2, 0.25) is 0 Å². The van der Waals surface area contributed by atoms with Gasteiger partial charge in [-0.25, -0.2) is 0 Å². The van der Waals surface area contributed by atoms with E-state index in [1.54, 1.807) is 0 Å². The average molecular weight is 128 g/mol.